The molecule has 2 amide bonds. The molecule has 0 radical (unpaired) electrons. The van der Waals surface area contributed by atoms with Gasteiger partial charge in [0.2, 0.25) is 11.8 Å². The van der Waals surface area contributed by atoms with E-state index >= 15 is 0 Å². The zero-order valence-electron chi connectivity index (χ0n) is 18.0. The van der Waals surface area contributed by atoms with Gasteiger partial charge in [-0.05, 0) is 56.9 Å². The molecule has 0 aliphatic carbocycles. The van der Waals surface area contributed by atoms with Gasteiger partial charge in [-0.25, -0.2) is 0 Å². The Bertz CT molecular complexity index is 864. The second-order valence-corrected chi connectivity index (χ2v) is 8.21. The molecule has 0 aliphatic rings. The first-order valence-electron chi connectivity index (χ1n) is 10.1. The van der Waals surface area contributed by atoms with E-state index in [0.29, 0.717) is 18.0 Å². The van der Waals surface area contributed by atoms with Crippen LogP contribution < -0.4 is 5.32 Å². The average molecular weight is 415 g/mol. The second kappa shape index (κ2) is 10.4. The predicted octanol–water partition coefficient (Wildman–Crippen LogP) is 4.83. The van der Waals surface area contributed by atoms with Crippen LogP contribution in [0.2, 0.25) is 5.02 Å². The molecule has 0 unspecified atom stereocenters. The number of nitrogens with one attached hydrogen (secondary N) is 1. The maximum atomic E-state index is 13.4. The van der Waals surface area contributed by atoms with Gasteiger partial charge in [-0.2, -0.15) is 0 Å². The van der Waals surface area contributed by atoms with E-state index in [1.54, 1.807) is 11.0 Å². The fourth-order valence-electron chi connectivity index (χ4n) is 3.37. The van der Waals surface area contributed by atoms with Crippen molar-refractivity contribution in [1.29, 1.82) is 0 Å². The third kappa shape index (κ3) is 6.33. The predicted molar refractivity (Wildman–Crippen MR) is 119 cm³/mol. The molecule has 4 nitrogen and oxygen atoms in total. The Morgan fingerprint density at radius 1 is 1.07 bits per heavy atom. The number of aryl methyl sites for hydroxylation is 2. The lowest BCUT2D eigenvalue weighted by Gasteiger charge is -2.31. The molecular weight excluding hydrogens is 384 g/mol. The van der Waals surface area contributed by atoms with E-state index in [0.717, 1.165) is 22.3 Å². The monoisotopic (exact) mass is 414 g/mol. The fraction of sp³-hybridized carbons (Fsp3) is 0.417. The topological polar surface area (TPSA) is 49.4 Å². The minimum Gasteiger partial charge on any atom is -0.352 e. The number of hydrogen-bond acceptors (Lipinski definition) is 2. The lowest BCUT2D eigenvalue weighted by atomic mass is 10.0. The molecule has 0 aliphatic heterocycles. The summed E-state index contributed by atoms with van der Waals surface area (Å²) < 4.78 is 0. The van der Waals surface area contributed by atoms with E-state index in [1.807, 2.05) is 71.0 Å². The van der Waals surface area contributed by atoms with Crippen molar-refractivity contribution in [3.63, 3.8) is 0 Å². The van der Waals surface area contributed by atoms with Crippen LogP contribution in [0, 0.1) is 13.8 Å². The van der Waals surface area contributed by atoms with Crippen LogP contribution in [0.5, 0.6) is 0 Å². The third-order valence-corrected chi connectivity index (χ3v) is 5.33. The normalized spacial score (nSPS) is 12.0. The quantitative estimate of drug-likeness (QED) is 0.672. The molecule has 0 aromatic heterocycles. The Morgan fingerprint density at radius 3 is 2.38 bits per heavy atom. The van der Waals surface area contributed by atoms with Gasteiger partial charge in [-0.3, -0.25) is 9.59 Å². The number of benzene rings is 2. The maximum absolute atomic E-state index is 13.4. The van der Waals surface area contributed by atoms with Crippen molar-refractivity contribution in [2.24, 2.45) is 0 Å². The van der Waals surface area contributed by atoms with E-state index in [1.165, 1.54) is 0 Å². The second-order valence-electron chi connectivity index (χ2n) is 7.81. The van der Waals surface area contributed by atoms with E-state index in [2.05, 4.69) is 5.32 Å². The summed E-state index contributed by atoms with van der Waals surface area (Å²) in [5, 5.41) is 3.54. The summed E-state index contributed by atoms with van der Waals surface area (Å²) in [6.07, 6.45) is 0.783. The lowest BCUT2D eigenvalue weighted by molar-refractivity contribution is -0.141. The molecule has 29 heavy (non-hydrogen) atoms. The highest BCUT2D eigenvalue weighted by Crippen LogP contribution is 2.21. The van der Waals surface area contributed by atoms with Gasteiger partial charge in [0.1, 0.15) is 6.04 Å². The van der Waals surface area contributed by atoms with Crippen molar-refractivity contribution in [3.8, 4) is 0 Å². The highest BCUT2D eigenvalue weighted by Gasteiger charge is 2.29. The summed E-state index contributed by atoms with van der Waals surface area (Å²) in [5.74, 6) is -0.215. The van der Waals surface area contributed by atoms with E-state index in [-0.39, 0.29) is 24.3 Å². The molecule has 0 spiro atoms. The van der Waals surface area contributed by atoms with Gasteiger partial charge < -0.3 is 10.2 Å². The summed E-state index contributed by atoms with van der Waals surface area (Å²) in [6.45, 7) is 10.1. The SMILES string of the molecule is CC[C@H](C(=O)NC(C)C)N(Cc1ccccc1Cl)C(=O)Cc1cc(C)ccc1C. The van der Waals surface area contributed by atoms with Crippen LogP contribution in [0.15, 0.2) is 42.5 Å². The minimum atomic E-state index is -0.550. The number of carbonyl (C=O) groups excluding carboxylic acids is 2. The molecular formula is C24H31ClN2O2. The molecule has 2 aromatic rings. The molecule has 1 atom stereocenters. The molecule has 2 aromatic carbocycles. The Balaban J connectivity index is 2.36. The first-order chi connectivity index (χ1) is 13.7. The van der Waals surface area contributed by atoms with E-state index in [9.17, 15) is 9.59 Å². The highest BCUT2D eigenvalue weighted by molar-refractivity contribution is 6.31. The van der Waals surface area contributed by atoms with Crippen molar-refractivity contribution >= 4 is 23.4 Å². The van der Waals surface area contributed by atoms with Gasteiger partial charge in [-0.15, -0.1) is 0 Å². The smallest absolute Gasteiger partial charge is 0.243 e. The molecule has 156 valence electrons. The van der Waals surface area contributed by atoms with Gasteiger partial charge in [-0.1, -0.05) is 60.5 Å². The number of hydrogen-bond donors (Lipinski definition) is 1. The summed E-state index contributed by atoms with van der Waals surface area (Å²) in [6, 6.07) is 13.0. The van der Waals surface area contributed by atoms with Gasteiger partial charge in [0, 0.05) is 17.6 Å². The summed E-state index contributed by atoms with van der Waals surface area (Å²) >= 11 is 6.35. The van der Waals surface area contributed by atoms with Crippen molar-refractivity contribution in [3.05, 3.63) is 69.7 Å². The van der Waals surface area contributed by atoms with Gasteiger partial charge in [0.25, 0.3) is 0 Å². The highest BCUT2D eigenvalue weighted by atomic mass is 35.5. The Kier molecular flexibility index (Phi) is 8.27. The standard InChI is InChI=1S/C24H31ClN2O2/c1-6-22(24(29)26-16(2)3)27(15-19-9-7-8-10-21(19)25)23(28)14-20-13-17(4)11-12-18(20)5/h7-13,16,22H,6,14-15H2,1-5H3,(H,26,29)/t22-/m1/s1. The van der Waals surface area contributed by atoms with Crippen molar-refractivity contribution < 1.29 is 9.59 Å². The molecule has 0 heterocycles. The first-order valence-corrected chi connectivity index (χ1v) is 10.5. The first kappa shape index (κ1) is 23.0. The third-order valence-electron chi connectivity index (χ3n) is 4.96. The molecule has 0 saturated carbocycles. The molecule has 0 bridgehead atoms. The summed E-state index contributed by atoms with van der Waals surface area (Å²) in [7, 11) is 0. The fourth-order valence-corrected chi connectivity index (χ4v) is 3.56. The Labute approximate surface area is 179 Å². The van der Waals surface area contributed by atoms with Crippen LogP contribution in [0.4, 0.5) is 0 Å². The van der Waals surface area contributed by atoms with Gasteiger partial charge in [0.15, 0.2) is 0 Å². The zero-order valence-corrected chi connectivity index (χ0v) is 18.7. The Hall–Kier alpha value is -2.33. The van der Waals surface area contributed by atoms with Crippen LogP contribution in [0.3, 0.4) is 0 Å². The summed E-state index contributed by atoms with van der Waals surface area (Å²) in [5.41, 5.74) is 4.00. The number of carbonyl (C=O) groups is 2. The largest absolute Gasteiger partial charge is 0.352 e. The van der Waals surface area contributed by atoms with Gasteiger partial charge in [0.05, 0.1) is 6.42 Å². The van der Waals surface area contributed by atoms with Crippen LogP contribution in [0.1, 0.15) is 49.4 Å². The maximum Gasteiger partial charge on any atom is 0.243 e. The molecule has 1 N–H and O–H groups in total. The molecule has 0 saturated heterocycles. The number of amides is 2. The Morgan fingerprint density at radius 2 is 1.76 bits per heavy atom. The van der Waals surface area contributed by atoms with Gasteiger partial charge >= 0.3 is 0 Å². The van der Waals surface area contributed by atoms with Crippen molar-refractivity contribution in [2.75, 3.05) is 0 Å². The van der Waals surface area contributed by atoms with Crippen molar-refractivity contribution in [1.82, 2.24) is 10.2 Å². The minimum absolute atomic E-state index is 0.00725. The van der Waals surface area contributed by atoms with Crippen LogP contribution in [-0.4, -0.2) is 28.8 Å². The lowest BCUT2D eigenvalue weighted by Crippen LogP contribution is -2.50. The van der Waals surface area contributed by atoms with Crippen LogP contribution in [-0.2, 0) is 22.6 Å². The van der Waals surface area contributed by atoms with Crippen molar-refractivity contribution in [2.45, 2.75) is 66.1 Å². The zero-order chi connectivity index (χ0) is 21.6. The number of nitrogens with zero attached hydrogens (tertiary/aromatic N) is 1. The average Bonchev–Trinajstić information content (AvgIpc) is 2.65. The number of halogens is 1. The van der Waals surface area contributed by atoms with E-state index < -0.39 is 6.04 Å². The number of rotatable bonds is 8. The van der Waals surface area contributed by atoms with Crippen LogP contribution >= 0.6 is 11.6 Å². The summed E-state index contributed by atoms with van der Waals surface area (Å²) in [4.78, 5) is 27.9. The van der Waals surface area contributed by atoms with Crippen LogP contribution in [0.25, 0.3) is 0 Å². The molecule has 2 rings (SSSR count). The molecule has 5 heteroatoms. The molecule has 0 fully saturated rings. The van der Waals surface area contributed by atoms with E-state index in [4.69, 9.17) is 11.6 Å².